The topological polar surface area (TPSA) is 12.0 Å². The lowest BCUT2D eigenvalue weighted by molar-refractivity contribution is 0.699. The van der Waals surface area contributed by atoms with Crippen molar-refractivity contribution in [2.75, 3.05) is 0 Å². The summed E-state index contributed by atoms with van der Waals surface area (Å²) in [5.41, 5.74) is 2.64. The van der Waals surface area contributed by atoms with Gasteiger partial charge in [0.05, 0.1) is 0 Å². The molecule has 0 fully saturated rings. The van der Waals surface area contributed by atoms with Crippen molar-refractivity contribution >= 4 is 27.3 Å². The van der Waals surface area contributed by atoms with Crippen LogP contribution < -0.4 is 5.32 Å². The van der Waals surface area contributed by atoms with Crippen LogP contribution in [0.5, 0.6) is 0 Å². The van der Waals surface area contributed by atoms with Crippen LogP contribution in [0.25, 0.3) is 0 Å². The average Bonchev–Trinajstić information content (AvgIpc) is 2.68. The van der Waals surface area contributed by atoms with E-state index in [1.807, 2.05) is 0 Å². The van der Waals surface area contributed by atoms with Crippen molar-refractivity contribution in [1.29, 1.82) is 0 Å². The van der Waals surface area contributed by atoms with Crippen molar-refractivity contribution in [3.63, 3.8) is 0 Å². The second kappa shape index (κ2) is 5.62. The summed E-state index contributed by atoms with van der Waals surface area (Å²) < 4.78 is 1.20. The Morgan fingerprint density at radius 2 is 1.88 bits per heavy atom. The number of rotatable bonds is 4. The van der Waals surface area contributed by atoms with Crippen LogP contribution in [0.4, 0.5) is 0 Å². The van der Waals surface area contributed by atoms with E-state index >= 15 is 0 Å². The van der Waals surface area contributed by atoms with Crippen molar-refractivity contribution in [2.45, 2.75) is 20.0 Å². The summed E-state index contributed by atoms with van der Waals surface area (Å²) in [7, 11) is 0. The summed E-state index contributed by atoms with van der Waals surface area (Å²) in [4.78, 5) is 1.35. The smallest absolute Gasteiger partial charge is 0.0327 e. The minimum Gasteiger partial charge on any atom is -0.308 e. The van der Waals surface area contributed by atoms with Gasteiger partial charge in [0, 0.05) is 22.4 Å². The van der Waals surface area contributed by atoms with Crippen molar-refractivity contribution in [3.8, 4) is 0 Å². The highest BCUT2D eigenvalue weighted by atomic mass is 79.9. The van der Waals surface area contributed by atoms with Crippen molar-refractivity contribution in [3.05, 3.63) is 56.2 Å². The molecule has 0 amide bonds. The van der Waals surface area contributed by atoms with E-state index in [1.54, 1.807) is 11.3 Å². The van der Waals surface area contributed by atoms with E-state index in [4.69, 9.17) is 0 Å². The Balaban J connectivity index is 1.84. The summed E-state index contributed by atoms with van der Waals surface area (Å²) >= 11 is 5.31. The lowest BCUT2D eigenvalue weighted by Gasteiger charge is -2.04. The molecule has 0 aliphatic carbocycles. The lowest BCUT2D eigenvalue weighted by atomic mass is 10.1. The molecule has 1 N–H and O–H groups in total. The Morgan fingerprint density at radius 1 is 1.12 bits per heavy atom. The molecule has 0 atom stereocenters. The summed E-state index contributed by atoms with van der Waals surface area (Å²) in [6, 6.07) is 10.7. The van der Waals surface area contributed by atoms with E-state index in [0.717, 1.165) is 13.1 Å². The summed E-state index contributed by atoms with van der Waals surface area (Å²) in [6.07, 6.45) is 0. The average molecular weight is 296 g/mol. The molecule has 0 saturated carbocycles. The molecule has 1 heterocycles. The molecule has 84 valence electrons. The van der Waals surface area contributed by atoms with Gasteiger partial charge in [-0.1, -0.05) is 29.8 Å². The number of aryl methyl sites for hydroxylation is 1. The molecule has 0 saturated heterocycles. The number of nitrogens with one attached hydrogen (secondary N) is 1. The Kier molecular flexibility index (Phi) is 4.16. The van der Waals surface area contributed by atoms with Gasteiger partial charge in [-0.05, 0) is 39.9 Å². The van der Waals surface area contributed by atoms with Gasteiger partial charge in [-0.25, -0.2) is 0 Å². The largest absolute Gasteiger partial charge is 0.308 e. The first-order chi connectivity index (χ1) is 7.75. The third kappa shape index (κ3) is 3.17. The van der Waals surface area contributed by atoms with Gasteiger partial charge >= 0.3 is 0 Å². The van der Waals surface area contributed by atoms with Gasteiger partial charge in [-0.3, -0.25) is 0 Å². The second-order valence-electron chi connectivity index (χ2n) is 3.78. The fourth-order valence-corrected chi connectivity index (χ4v) is 2.94. The normalized spacial score (nSPS) is 10.6. The quantitative estimate of drug-likeness (QED) is 0.895. The molecule has 0 radical (unpaired) electrons. The van der Waals surface area contributed by atoms with Gasteiger partial charge in [0.2, 0.25) is 0 Å². The van der Waals surface area contributed by atoms with Gasteiger partial charge in [-0.15, -0.1) is 11.3 Å². The number of thiophene rings is 1. The molecule has 1 aromatic carbocycles. The predicted molar refractivity (Wildman–Crippen MR) is 73.7 cm³/mol. The van der Waals surface area contributed by atoms with Crippen LogP contribution in [0.1, 0.15) is 16.0 Å². The van der Waals surface area contributed by atoms with Crippen molar-refractivity contribution < 1.29 is 0 Å². The first-order valence-electron chi connectivity index (χ1n) is 5.24. The third-order valence-electron chi connectivity index (χ3n) is 2.43. The summed E-state index contributed by atoms with van der Waals surface area (Å²) in [6.45, 7) is 3.96. The van der Waals surface area contributed by atoms with Crippen LogP contribution in [0, 0.1) is 6.92 Å². The van der Waals surface area contributed by atoms with Crippen molar-refractivity contribution in [2.24, 2.45) is 0 Å². The molecule has 2 aromatic rings. The minimum atomic E-state index is 0.921. The summed E-state index contributed by atoms with van der Waals surface area (Å²) in [5.74, 6) is 0. The minimum absolute atomic E-state index is 0.921. The van der Waals surface area contributed by atoms with Crippen LogP contribution in [-0.2, 0) is 13.1 Å². The number of hydrogen-bond donors (Lipinski definition) is 1. The molecular formula is C13H14BrNS. The molecule has 0 unspecified atom stereocenters. The SMILES string of the molecule is Cc1ccc(CNCc2sccc2Br)cc1. The number of halogens is 1. The Hall–Kier alpha value is -0.640. The standard InChI is InChI=1S/C13H14BrNS/c1-10-2-4-11(5-3-10)8-15-9-13-12(14)6-7-16-13/h2-7,15H,8-9H2,1H3. The first kappa shape index (κ1) is 11.8. The van der Waals surface area contributed by atoms with E-state index in [9.17, 15) is 0 Å². The molecule has 1 nitrogen and oxygen atoms in total. The molecule has 0 spiro atoms. The molecule has 0 aliphatic rings. The molecule has 0 bridgehead atoms. The first-order valence-corrected chi connectivity index (χ1v) is 6.91. The molecule has 1 aromatic heterocycles. The fourth-order valence-electron chi connectivity index (χ4n) is 1.48. The Morgan fingerprint density at radius 3 is 2.50 bits per heavy atom. The monoisotopic (exact) mass is 295 g/mol. The zero-order valence-electron chi connectivity index (χ0n) is 9.16. The van der Waals surface area contributed by atoms with Gasteiger partial charge in [0.25, 0.3) is 0 Å². The molecular weight excluding hydrogens is 282 g/mol. The number of hydrogen-bond acceptors (Lipinski definition) is 2. The van der Waals surface area contributed by atoms with E-state index < -0.39 is 0 Å². The van der Waals surface area contributed by atoms with Crippen LogP contribution in [0.3, 0.4) is 0 Å². The maximum Gasteiger partial charge on any atom is 0.0327 e. The molecule has 0 aliphatic heterocycles. The molecule has 16 heavy (non-hydrogen) atoms. The Labute approximate surface area is 109 Å². The van der Waals surface area contributed by atoms with Crippen LogP contribution in [0.2, 0.25) is 0 Å². The maximum absolute atomic E-state index is 3.53. The van der Waals surface area contributed by atoms with Gasteiger partial charge in [0.1, 0.15) is 0 Å². The van der Waals surface area contributed by atoms with Crippen LogP contribution in [0.15, 0.2) is 40.2 Å². The predicted octanol–water partition coefficient (Wildman–Crippen LogP) is 4.11. The van der Waals surface area contributed by atoms with Crippen LogP contribution >= 0.6 is 27.3 Å². The highest BCUT2D eigenvalue weighted by Gasteiger charge is 2.00. The fraction of sp³-hybridized carbons (Fsp3) is 0.231. The maximum atomic E-state index is 3.53. The van der Waals surface area contributed by atoms with Gasteiger partial charge < -0.3 is 5.32 Å². The summed E-state index contributed by atoms with van der Waals surface area (Å²) in [5, 5.41) is 5.55. The molecule has 3 heteroatoms. The second-order valence-corrected chi connectivity index (χ2v) is 5.64. The van der Waals surface area contributed by atoms with Gasteiger partial charge in [0.15, 0.2) is 0 Å². The zero-order valence-corrected chi connectivity index (χ0v) is 11.6. The van der Waals surface area contributed by atoms with E-state index in [2.05, 4.69) is 63.9 Å². The van der Waals surface area contributed by atoms with E-state index in [1.165, 1.54) is 20.5 Å². The highest BCUT2D eigenvalue weighted by molar-refractivity contribution is 9.10. The van der Waals surface area contributed by atoms with E-state index in [-0.39, 0.29) is 0 Å². The lowest BCUT2D eigenvalue weighted by Crippen LogP contribution is -2.11. The Bertz CT molecular complexity index is 447. The van der Waals surface area contributed by atoms with Gasteiger partial charge in [-0.2, -0.15) is 0 Å². The van der Waals surface area contributed by atoms with E-state index in [0.29, 0.717) is 0 Å². The van der Waals surface area contributed by atoms with Crippen molar-refractivity contribution in [1.82, 2.24) is 5.32 Å². The highest BCUT2D eigenvalue weighted by Crippen LogP contribution is 2.22. The van der Waals surface area contributed by atoms with Crippen LogP contribution in [-0.4, -0.2) is 0 Å². The third-order valence-corrected chi connectivity index (χ3v) is 4.35. The number of benzene rings is 1. The molecule has 2 rings (SSSR count). The zero-order chi connectivity index (χ0) is 11.4.